The zero-order valence-corrected chi connectivity index (χ0v) is 11.9. The summed E-state index contributed by atoms with van der Waals surface area (Å²) in [6, 6.07) is 2.87. The quantitative estimate of drug-likeness (QED) is 0.810. The normalized spacial score (nSPS) is 13.8. The summed E-state index contributed by atoms with van der Waals surface area (Å²) >= 11 is 0. The Morgan fingerprint density at radius 3 is 2.45 bits per heavy atom. The molecule has 0 bridgehead atoms. The fourth-order valence-electron chi connectivity index (χ4n) is 1.80. The molecule has 0 saturated carbocycles. The molecule has 1 aromatic rings. The second kappa shape index (κ2) is 7.04. The standard InChI is InChI=1S/C14H20F4N2/c1-10(6-7-20(2)3)19-9-11-4-5-12(15)8-13(11)14(16,17)18/h4-5,8,10,19H,6-7,9H2,1-3H3. The number of benzene rings is 1. The van der Waals surface area contributed by atoms with Crippen LogP contribution in [0, 0.1) is 5.82 Å². The first-order valence-electron chi connectivity index (χ1n) is 6.44. The summed E-state index contributed by atoms with van der Waals surface area (Å²) in [5, 5.41) is 3.04. The summed E-state index contributed by atoms with van der Waals surface area (Å²) in [6.45, 7) is 2.84. The molecule has 1 N–H and O–H groups in total. The molecule has 6 heteroatoms. The molecule has 0 saturated heterocycles. The lowest BCUT2D eigenvalue weighted by Gasteiger charge is -2.18. The summed E-state index contributed by atoms with van der Waals surface area (Å²) in [7, 11) is 3.88. The summed E-state index contributed by atoms with van der Waals surface area (Å²) in [5.41, 5.74) is -0.847. The molecule has 114 valence electrons. The van der Waals surface area contributed by atoms with Crippen molar-refractivity contribution in [1.82, 2.24) is 10.2 Å². The molecule has 1 atom stereocenters. The van der Waals surface area contributed by atoms with Crippen LogP contribution in [0.2, 0.25) is 0 Å². The fraction of sp³-hybridized carbons (Fsp3) is 0.571. The van der Waals surface area contributed by atoms with Crippen molar-refractivity contribution in [1.29, 1.82) is 0 Å². The Morgan fingerprint density at radius 2 is 1.90 bits per heavy atom. The van der Waals surface area contributed by atoms with Gasteiger partial charge in [-0.3, -0.25) is 0 Å². The SMILES string of the molecule is CC(CCN(C)C)NCc1ccc(F)cc1C(F)(F)F. The first kappa shape index (κ1) is 16.9. The van der Waals surface area contributed by atoms with Gasteiger partial charge in [-0.1, -0.05) is 6.07 Å². The maximum Gasteiger partial charge on any atom is 0.416 e. The highest BCUT2D eigenvalue weighted by Gasteiger charge is 2.33. The smallest absolute Gasteiger partial charge is 0.310 e. The molecule has 20 heavy (non-hydrogen) atoms. The van der Waals surface area contributed by atoms with Gasteiger partial charge in [0.2, 0.25) is 0 Å². The van der Waals surface area contributed by atoms with Crippen LogP contribution >= 0.6 is 0 Å². The van der Waals surface area contributed by atoms with Gasteiger partial charge in [0, 0.05) is 12.6 Å². The molecule has 0 spiro atoms. The van der Waals surface area contributed by atoms with E-state index in [1.165, 1.54) is 6.07 Å². The van der Waals surface area contributed by atoms with Crippen molar-refractivity contribution in [3.05, 3.63) is 35.1 Å². The predicted octanol–water partition coefficient (Wildman–Crippen LogP) is 3.27. The number of hydrogen-bond donors (Lipinski definition) is 1. The second-order valence-electron chi connectivity index (χ2n) is 5.17. The molecule has 1 rings (SSSR count). The molecular formula is C14H20F4N2. The van der Waals surface area contributed by atoms with Crippen LogP contribution in [-0.2, 0) is 12.7 Å². The third-order valence-electron chi connectivity index (χ3n) is 3.03. The third-order valence-corrected chi connectivity index (χ3v) is 3.03. The Balaban J connectivity index is 2.68. The zero-order chi connectivity index (χ0) is 15.3. The van der Waals surface area contributed by atoms with Crippen molar-refractivity contribution in [2.45, 2.75) is 32.1 Å². The van der Waals surface area contributed by atoms with E-state index in [4.69, 9.17) is 0 Å². The molecule has 0 heterocycles. The monoisotopic (exact) mass is 292 g/mol. The lowest BCUT2D eigenvalue weighted by atomic mass is 10.1. The molecule has 2 nitrogen and oxygen atoms in total. The van der Waals surface area contributed by atoms with Gasteiger partial charge in [0.15, 0.2) is 0 Å². The van der Waals surface area contributed by atoms with Crippen molar-refractivity contribution in [2.24, 2.45) is 0 Å². The molecule has 0 aliphatic rings. The van der Waals surface area contributed by atoms with Crippen molar-refractivity contribution < 1.29 is 17.6 Å². The predicted molar refractivity (Wildman–Crippen MR) is 70.9 cm³/mol. The molecule has 0 fully saturated rings. The number of hydrogen-bond acceptors (Lipinski definition) is 2. The molecule has 0 aliphatic carbocycles. The van der Waals surface area contributed by atoms with Crippen LogP contribution in [0.3, 0.4) is 0 Å². The topological polar surface area (TPSA) is 15.3 Å². The van der Waals surface area contributed by atoms with Gasteiger partial charge in [-0.15, -0.1) is 0 Å². The van der Waals surface area contributed by atoms with E-state index >= 15 is 0 Å². The Kier molecular flexibility index (Phi) is 5.95. The number of nitrogens with zero attached hydrogens (tertiary/aromatic N) is 1. The molecule has 1 aromatic carbocycles. The molecule has 0 amide bonds. The molecule has 0 aromatic heterocycles. The summed E-state index contributed by atoms with van der Waals surface area (Å²) in [5.74, 6) is -0.873. The van der Waals surface area contributed by atoms with Crippen molar-refractivity contribution >= 4 is 0 Å². The average molecular weight is 292 g/mol. The lowest BCUT2D eigenvalue weighted by molar-refractivity contribution is -0.138. The Labute approximate surface area is 116 Å². The largest absolute Gasteiger partial charge is 0.416 e. The van der Waals surface area contributed by atoms with Crippen molar-refractivity contribution in [3.63, 3.8) is 0 Å². The molecule has 0 aliphatic heterocycles. The minimum absolute atomic E-state index is 0.0654. The Hall–Kier alpha value is -1.14. The van der Waals surface area contributed by atoms with Crippen LogP contribution in [0.4, 0.5) is 17.6 Å². The van der Waals surface area contributed by atoms with E-state index in [1.54, 1.807) is 0 Å². The van der Waals surface area contributed by atoms with E-state index in [-0.39, 0.29) is 18.2 Å². The van der Waals surface area contributed by atoms with Crippen molar-refractivity contribution in [3.8, 4) is 0 Å². The minimum atomic E-state index is -4.54. The van der Waals surface area contributed by atoms with Crippen molar-refractivity contribution in [2.75, 3.05) is 20.6 Å². The third kappa shape index (κ3) is 5.46. The first-order chi connectivity index (χ1) is 9.20. The highest BCUT2D eigenvalue weighted by molar-refractivity contribution is 5.30. The molecule has 1 unspecified atom stereocenters. The van der Waals surface area contributed by atoms with Gasteiger partial charge < -0.3 is 10.2 Å². The second-order valence-corrected chi connectivity index (χ2v) is 5.17. The lowest BCUT2D eigenvalue weighted by Crippen LogP contribution is -2.30. The van der Waals surface area contributed by atoms with E-state index in [1.807, 2.05) is 25.9 Å². The molecule has 0 radical (unpaired) electrons. The van der Waals surface area contributed by atoms with E-state index in [9.17, 15) is 17.6 Å². The number of alkyl halides is 3. The highest BCUT2D eigenvalue weighted by Crippen LogP contribution is 2.32. The Bertz CT molecular complexity index is 430. The average Bonchev–Trinajstić information content (AvgIpc) is 2.33. The minimum Gasteiger partial charge on any atom is -0.310 e. The maximum atomic E-state index is 13.0. The van der Waals surface area contributed by atoms with Gasteiger partial charge in [0.05, 0.1) is 5.56 Å². The first-order valence-corrected chi connectivity index (χ1v) is 6.44. The van der Waals surface area contributed by atoms with E-state index in [0.717, 1.165) is 19.0 Å². The highest BCUT2D eigenvalue weighted by atomic mass is 19.4. The van der Waals surface area contributed by atoms with E-state index in [2.05, 4.69) is 5.32 Å². The zero-order valence-electron chi connectivity index (χ0n) is 11.9. The summed E-state index contributed by atoms with van der Waals surface area (Å²) in [6.07, 6.45) is -3.71. The van der Waals surface area contributed by atoms with Gasteiger partial charge in [-0.2, -0.15) is 13.2 Å². The van der Waals surface area contributed by atoms with Crippen LogP contribution in [0.5, 0.6) is 0 Å². The van der Waals surface area contributed by atoms with Gasteiger partial charge in [0.25, 0.3) is 0 Å². The maximum absolute atomic E-state index is 13.0. The van der Waals surface area contributed by atoms with E-state index in [0.29, 0.717) is 6.07 Å². The molecular weight excluding hydrogens is 272 g/mol. The van der Waals surface area contributed by atoms with Gasteiger partial charge in [0.1, 0.15) is 5.82 Å². The van der Waals surface area contributed by atoms with Gasteiger partial charge in [-0.05, 0) is 51.7 Å². The fourth-order valence-corrected chi connectivity index (χ4v) is 1.80. The summed E-state index contributed by atoms with van der Waals surface area (Å²) in [4.78, 5) is 2.01. The Morgan fingerprint density at radius 1 is 1.25 bits per heavy atom. The van der Waals surface area contributed by atoms with Crippen LogP contribution in [0.1, 0.15) is 24.5 Å². The number of rotatable bonds is 6. The van der Waals surface area contributed by atoms with Crippen LogP contribution in [-0.4, -0.2) is 31.6 Å². The van der Waals surface area contributed by atoms with Gasteiger partial charge in [-0.25, -0.2) is 4.39 Å². The van der Waals surface area contributed by atoms with Gasteiger partial charge >= 0.3 is 6.18 Å². The summed E-state index contributed by atoms with van der Waals surface area (Å²) < 4.78 is 51.4. The van der Waals surface area contributed by atoms with Crippen LogP contribution in [0.15, 0.2) is 18.2 Å². The van der Waals surface area contributed by atoms with Crippen LogP contribution in [0.25, 0.3) is 0 Å². The number of halogens is 4. The number of nitrogens with one attached hydrogen (secondary N) is 1. The van der Waals surface area contributed by atoms with E-state index < -0.39 is 17.6 Å². The van der Waals surface area contributed by atoms with Crippen LogP contribution < -0.4 is 5.32 Å².